The van der Waals surface area contributed by atoms with E-state index in [0.29, 0.717) is 22.5 Å². The fourth-order valence-electron chi connectivity index (χ4n) is 2.99. The van der Waals surface area contributed by atoms with Crippen molar-refractivity contribution in [3.63, 3.8) is 0 Å². The lowest BCUT2D eigenvalue weighted by Crippen LogP contribution is -2.40. The van der Waals surface area contributed by atoms with Gasteiger partial charge < -0.3 is 19.4 Å². The summed E-state index contributed by atoms with van der Waals surface area (Å²) in [5.74, 6) is 2.31. The van der Waals surface area contributed by atoms with Crippen LogP contribution < -0.4 is 5.32 Å². The number of aliphatic imine (C=N–C) groups is 1. The van der Waals surface area contributed by atoms with Gasteiger partial charge in [0.15, 0.2) is 5.96 Å². The van der Waals surface area contributed by atoms with Gasteiger partial charge in [0.05, 0.1) is 22.9 Å². The molecule has 5 nitrogen and oxygen atoms in total. The first kappa shape index (κ1) is 23.3. The van der Waals surface area contributed by atoms with Crippen LogP contribution >= 0.6 is 47.2 Å². The van der Waals surface area contributed by atoms with E-state index >= 15 is 0 Å². The van der Waals surface area contributed by atoms with Crippen LogP contribution in [0.15, 0.2) is 46.0 Å². The van der Waals surface area contributed by atoms with Gasteiger partial charge in [-0.3, -0.25) is 4.99 Å². The van der Waals surface area contributed by atoms with Gasteiger partial charge in [-0.2, -0.15) is 0 Å². The lowest BCUT2D eigenvalue weighted by molar-refractivity contribution is 0.187. The van der Waals surface area contributed by atoms with Crippen LogP contribution in [0.2, 0.25) is 10.0 Å². The number of rotatable bonds is 7. The monoisotopic (exact) mass is 537 g/mol. The standard InChI is InChI=1S/C20H25Cl2N3O2.HI/c1-25(13-15-4-5-18(21)19(22)11-15)20(24-12-16-7-10-26-14-16)23-8-6-17-3-2-9-27-17;/h2-5,9,11,16H,6-8,10,12-14H2,1H3,(H,23,24);1H. The van der Waals surface area contributed by atoms with Crippen molar-refractivity contribution in [1.29, 1.82) is 0 Å². The van der Waals surface area contributed by atoms with Gasteiger partial charge in [0, 0.05) is 45.6 Å². The molecule has 0 amide bonds. The highest BCUT2D eigenvalue weighted by Gasteiger charge is 2.16. The predicted octanol–water partition coefficient (Wildman–Crippen LogP) is 4.86. The van der Waals surface area contributed by atoms with Crippen LogP contribution in [0.25, 0.3) is 0 Å². The van der Waals surface area contributed by atoms with Crippen molar-refractivity contribution in [2.24, 2.45) is 10.9 Å². The third kappa shape index (κ3) is 7.13. The Balaban J connectivity index is 0.00000280. The van der Waals surface area contributed by atoms with Gasteiger partial charge in [-0.1, -0.05) is 29.3 Å². The van der Waals surface area contributed by atoms with Gasteiger partial charge >= 0.3 is 0 Å². The molecule has 1 atom stereocenters. The lowest BCUT2D eigenvalue weighted by atomic mass is 10.1. The summed E-state index contributed by atoms with van der Waals surface area (Å²) in [7, 11) is 2.02. The van der Waals surface area contributed by atoms with Crippen LogP contribution in [-0.2, 0) is 17.7 Å². The highest BCUT2D eigenvalue weighted by Crippen LogP contribution is 2.23. The molecule has 0 spiro atoms. The van der Waals surface area contributed by atoms with Crippen LogP contribution in [0.1, 0.15) is 17.7 Å². The second-order valence-corrected chi connectivity index (χ2v) is 7.57. The number of nitrogens with one attached hydrogen (secondary N) is 1. The summed E-state index contributed by atoms with van der Waals surface area (Å²) in [6.07, 6.45) is 3.57. The van der Waals surface area contributed by atoms with Crippen LogP contribution in [0.3, 0.4) is 0 Å². The van der Waals surface area contributed by atoms with E-state index in [1.807, 2.05) is 37.4 Å². The highest BCUT2D eigenvalue weighted by molar-refractivity contribution is 14.0. The van der Waals surface area contributed by atoms with E-state index in [2.05, 4.69) is 10.2 Å². The first-order chi connectivity index (χ1) is 13.1. The zero-order valence-corrected chi connectivity index (χ0v) is 19.7. The molecule has 1 N–H and O–H groups in total. The molecule has 1 aliphatic rings. The minimum atomic E-state index is 0. The molecule has 0 radical (unpaired) electrons. The Morgan fingerprint density at radius 1 is 1.29 bits per heavy atom. The van der Waals surface area contributed by atoms with Gasteiger partial charge in [-0.05, 0) is 36.2 Å². The van der Waals surface area contributed by atoms with Crippen molar-refractivity contribution in [1.82, 2.24) is 10.2 Å². The van der Waals surface area contributed by atoms with Crippen LogP contribution in [0.4, 0.5) is 0 Å². The molecule has 1 unspecified atom stereocenters. The fourth-order valence-corrected chi connectivity index (χ4v) is 3.31. The molecular weight excluding hydrogens is 512 g/mol. The number of halogens is 3. The zero-order chi connectivity index (χ0) is 19.1. The maximum atomic E-state index is 6.14. The van der Waals surface area contributed by atoms with Crippen molar-refractivity contribution in [3.05, 3.63) is 58.0 Å². The average Bonchev–Trinajstić information content (AvgIpc) is 3.34. The number of nitrogens with zero attached hydrogens (tertiary/aromatic N) is 2. The van der Waals surface area contributed by atoms with E-state index in [4.69, 9.17) is 37.3 Å². The van der Waals surface area contributed by atoms with Crippen molar-refractivity contribution in [2.45, 2.75) is 19.4 Å². The highest BCUT2D eigenvalue weighted by atomic mass is 127. The van der Waals surface area contributed by atoms with E-state index in [1.165, 1.54) is 0 Å². The van der Waals surface area contributed by atoms with Crippen molar-refractivity contribution < 1.29 is 9.15 Å². The Morgan fingerprint density at radius 2 is 2.14 bits per heavy atom. The molecule has 1 fully saturated rings. The maximum absolute atomic E-state index is 6.14. The molecule has 0 saturated carbocycles. The van der Waals surface area contributed by atoms with Crippen LogP contribution in [-0.4, -0.2) is 44.2 Å². The molecule has 1 saturated heterocycles. The van der Waals surface area contributed by atoms with Crippen molar-refractivity contribution in [3.8, 4) is 0 Å². The summed E-state index contributed by atoms with van der Waals surface area (Å²) in [6.45, 7) is 3.82. The molecular formula is C20H26Cl2IN3O2. The fraction of sp³-hybridized carbons (Fsp3) is 0.450. The first-order valence-electron chi connectivity index (χ1n) is 9.15. The predicted molar refractivity (Wildman–Crippen MR) is 125 cm³/mol. The average molecular weight is 538 g/mol. The Labute approximate surface area is 193 Å². The first-order valence-corrected chi connectivity index (χ1v) is 9.91. The van der Waals surface area contributed by atoms with Crippen LogP contribution in [0.5, 0.6) is 0 Å². The third-order valence-electron chi connectivity index (χ3n) is 4.52. The molecule has 3 rings (SSSR count). The lowest BCUT2D eigenvalue weighted by Gasteiger charge is -2.23. The zero-order valence-electron chi connectivity index (χ0n) is 15.9. The molecule has 1 aromatic heterocycles. The molecule has 0 bridgehead atoms. The minimum absolute atomic E-state index is 0. The maximum Gasteiger partial charge on any atom is 0.193 e. The number of ether oxygens (including phenoxy) is 1. The van der Waals surface area contributed by atoms with E-state index in [-0.39, 0.29) is 24.0 Å². The molecule has 2 aromatic rings. The molecule has 28 heavy (non-hydrogen) atoms. The summed E-state index contributed by atoms with van der Waals surface area (Å²) in [5.41, 5.74) is 1.08. The van der Waals surface area contributed by atoms with E-state index < -0.39 is 0 Å². The Morgan fingerprint density at radius 3 is 2.82 bits per heavy atom. The summed E-state index contributed by atoms with van der Waals surface area (Å²) in [6, 6.07) is 9.58. The SMILES string of the molecule is CN(Cc1ccc(Cl)c(Cl)c1)C(=NCC1CCOC1)NCCc1ccco1.I. The normalized spacial score (nSPS) is 16.7. The largest absolute Gasteiger partial charge is 0.469 e. The Bertz CT molecular complexity index is 750. The molecule has 1 aromatic carbocycles. The number of guanidine groups is 1. The number of hydrogen-bond acceptors (Lipinski definition) is 3. The van der Waals surface area contributed by atoms with Crippen LogP contribution in [0, 0.1) is 5.92 Å². The van der Waals surface area contributed by atoms with Gasteiger partial charge in [-0.15, -0.1) is 24.0 Å². The Kier molecular flexibility index (Phi) is 9.91. The molecule has 0 aliphatic carbocycles. The smallest absolute Gasteiger partial charge is 0.193 e. The third-order valence-corrected chi connectivity index (χ3v) is 5.26. The van der Waals surface area contributed by atoms with E-state index in [9.17, 15) is 0 Å². The molecule has 154 valence electrons. The quantitative estimate of drug-likeness (QED) is 0.311. The second kappa shape index (κ2) is 11.9. The van der Waals surface area contributed by atoms with E-state index in [0.717, 1.165) is 56.4 Å². The van der Waals surface area contributed by atoms with Gasteiger partial charge in [-0.25, -0.2) is 0 Å². The summed E-state index contributed by atoms with van der Waals surface area (Å²) < 4.78 is 10.9. The number of furan rings is 1. The van der Waals surface area contributed by atoms with Gasteiger partial charge in [0.1, 0.15) is 5.76 Å². The molecule has 8 heteroatoms. The summed E-state index contributed by atoms with van der Waals surface area (Å²) in [4.78, 5) is 6.92. The van der Waals surface area contributed by atoms with Gasteiger partial charge in [0.2, 0.25) is 0 Å². The molecule has 1 aliphatic heterocycles. The Hall–Kier alpha value is -0.960. The number of hydrogen-bond donors (Lipinski definition) is 1. The summed E-state index contributed by atoms with van der Waals surface area (Å²) in [5, 5.41) is 4.57. The van der Waals surface area contributed by atoms with Gasteiger partial charge in [0.25, 0.3) is 0 Å². The topological polar surface area (TPSA) is 50.0 Å². The summed E-state index contributed by atoms with van der Waals surface area (Å²) >= 11 is 12.2. The second-order valence-electron chi connectivity index (χ2n) is 6.75. The minimum Gasteiger partial charge on any atom is -0.469 e. The molecule has 2 heterocycles. The van der Waals surface area contributed by atoms with Crippen molar-refractivity contribution in [2.75, 3.05) is 33.4 Å². The van der Waals surface area contributed by atoms with Crippen molar-refractivity contribution >= 4 is 53.1 Å². The number of benzene rings is 1. The van der Waals surface area contributed by atoms with E-state index in [1.54, 1.807) is 6.26 Å².